The molecule has 0 aromatic heterocycles. The van der Waals surface area contributed by atoms with E-state index in [0.717, 1.165) is 5.56 Å². The fourth-order valence-corrected chi connectivity index (χ4v) is 2.22. The van der Waals surface area contributed by atoms with Gasteiger partial charge in [0.15, 0.2) is 0 Å². The molecule has 0 radical (unpaired) electrons. The lowest BCUT2D eigenvalue weighted by molar-refractivity contribution is 0.0597. The van der Waals surface area contributed by atoms with Crippen LogP contribution in [0.15, 0.2) is 6.07 Å². The number of methoxy groups -OCH3 is 1. The van der Waals surface area contributed by atoms with E-state index < -0.39 is 5.97 Å². The van der Waals surface area contributed by atoms with Gasteiger partial charge in [0.05, 0.1) is 31.7 Å². The summed E-state index contributed by atoms with van der Waals surface area (Å²) in [7, 11) is 1.28. The Hall–Kier alpha value is -1.95. The average molecular weight is 266 g/mol. The number of phenolic OH excluding ortho intramolecular Hbond substituents is 1. The highest BCUT2D eigenvalue weighted by Crippen LogP contribution is 2.37. The highest BCUT2D eigenvalue weighted by atomic mass is 16.5. The molecule has 0 unspecified atom stereocenters. The van der Waals surface area contributed by atoms with Gasteiger partial charge in [-0.3, -0.25) is 0 Å². The average Bonchev–Trinajstić information content (AvgIpc) is 2.42. The number of benzene rings is 1. The lowest BCUT2D eigenvalue weighted by Gasteiger charge is -2.31. The van der Waals surface area contributed by atoms with Crippen molar-refractivity contribution in [2.24, 2.45) is 0 Å². The number of esters is 1. The van der Waals surface area contributed by atoms with Gasteiger partial charge in [0.1, 0.15) is 11.3 Å². The molecule has 1 fully saturated rings. The van der Waals surface area contributed by atoms with Crippen LogP contribution < -0.4 is 10.6 Å². The van der Waals surface area contributed by atoms with E-state index in [1.807, 2.05) is 4.90 Å². The zero-order valence-corrected chi connectivity index (χ0v) is 11.1. The number of carbonyl (C=O) groups excluding carboxylic acids is 1. The summed E-state index contributed by atoms with van der Waals surface area (Å²) < 4.78 is 10.0. The lowest BCUT2D eigenvalue weighted by atomic mass is 10.0. The predicted molar refractivity (Wildman–Crippen MR) is 71.6 cm³/mol. The summed E-state index contributed by atoms with van der Waals surface area (Å²) in [4.78, 5) is 13.8. The van der Waals surface area contributed by atoms with Gasteiger partial charge in [0.25, 0.3) is 0 Å². The smallest absolute Gasteiger partial charge is 0.343 e. The van der Waals surface area contributed by atoms with Gasteiger partial charge in [0.2, 0.25) is 0 Å². The molecule has 2 rings (SSSR count). The van der Waals surface area contributed by atoms with Crippen LogP contribution in [0.1, 0.15) is 15.9 Å². The van der Waals surface area contributed by atoms with Crippen molar-refractivity contribution < 1.29 is 19.4 Å². The number of aromatic hydroxyl groups is 1. The Morgan fingerprint density at radius 1 is 1.47 bits per heavy atom. The quantitative estimate of drug-likeness (QED) is 0.470. The normalized spacial score (nSPS) is 15.4. The molecule has 6 heteroatoms. The Morgan fingerprint density at radius 2 is 2.11 bits per heavy atom. The number of anilines is 2. The number of hydrogen-bond acceptors (Lipinski definition) is 6. The van der Waals surface area contributed by atoms with E-state index in [1.165, 1.54) is 13.2 Å². The van der Waals surface area contributed by atoms with E-state index in [1.54, 1.807) is 6.92 Å². The number of phenols is 1. The third-order valence-electron chi connectivity index (χ3n) is 3.24. The molecule has 1 saturated heterocycles. The first-order valence-electron chi connectivity index (χ1n) is 6.09. The molecule has 104 valence electrons. The molecule has 0 amide bonds. The van der Waals surface area contributed by atoms with Crippen molar-refractivity contribution in [1.29, 1.82) is 0 Å². The van der Waals surface area contributed by atoms with E-state index in [4.69, 9.17) is 15.2 Å². The van der Waals surface area contributed by atoms with Gasteiger partial charge >= 0.3 is 5.97 Å². The van der Waals surface area contributed by atoms with E-state index in [-0.39, 0.29) is 11.3 Å². The van der Waals surface area contributed by atoms with Crippen LogP contribution in [-0.2, 0) is 9.47 Å². The van der Waals surface area contributed by atoms with Gasteiger partial charge in [-0.2, -0.15) is 0 Å². The van der Waals surface area contributed by atoms with Crippen LogP contribution >= 0.6 is 0 Å². The number of ether oxygens (including phenoxy) is 2. The van der Waals surface area contributed by atoms with E-state index in [2.05, 4.69) is 0 Å². The Balaban J connectivity index is 2.57. The molecule has 1 aliphatic heterocycles. The molecule has 1 aliphatic rings. The van der Waals surface area contributed by atoms with Crippen LogP contribution in [0, 0.1) is 6.92 Å². The topological polar surface area (TPSA) is 85.0 Å². The molecule has 0 bridgehead atoms. The summed E-state index contributed by atoms with van der Waals surface area (Å²) in [6, 6.07) is 1.48. The largest absolute Gasteiger partial charge is 0.507 e. The van der Waals surface area contributed by atoms with Crippen LogP contribution in [0.25, 0.3) is 0 Å². The van der Waals surface area contributed by atoms with Crippen LogP contribution in [0.4, 0.5) is 11.4 Å². The van der Waals surface area contributed by atoms with Gasteiger partial charge in [-0.25, -0.2) is 4.79 Å². The molecule has 0 saturated carbocycles. The molecular formula is C13H18N2O4. The molecule has 0 aliphatic carbocycles. The van der Waals surface area contributed by atoms with Crippen molar-refractivity contribution in [3.8, 4) is 5.75 Å². The minimum absolute atomic E-state index is 0.111. The first kappa shape index (κ1) is 13.5. The van der Waals surface area contributed by atoms with Gasteiger partial charge in [-0.05, 0) is 18.6 Å². The van der Waals surface area contributed by atoms with Crippen molar-refractivity contribution in [3.63, 3.8) is 0 Å². The van der Waals surface area contributed by atoms with E-state index in [0.29, 0.717) is 37.7 Å². The molecule has 1 aromatic rings. The molecule has 1 heterocycles. The number of nitrogens with two attached hydrogens (primary N) is 1. The van der Waals surface area contributed by atoms with Crippen molar-refractivity contribution in [2.75, 3.05) is 44.0 Å². The molecule has 0 spiro atoms. The van der Waals surface area contributed by atoms with E-state index >= 15 is 0 Å². The molecule has 1 aromatic carbocycles. The molecular weight excluding hydrogens is 248 g/mol. The monoisotopic (exact) mass is 266 g/mol. The second-order valence-corrected chi connectivity index (χ2v) is 4.44. The van der Waals surface area contributed by atoms with Gasteiger partial charge in [-0.15, -0.1) is 0 Å². The van der Waals surface area contributed by atoms with Crippen molar-refractivity contribution in [1.82, 2.24) is 0 Å². The lowest BCUT2D eigenvalue weighted by Crippen LogP contribution is -2.37. The molecule has 19 heavy (non-hydrogen) atoms. The summed E-state index contributed by atoms with van der Waals surface area (Å²) in [6.07, 6.45) is 0. The first-order valence-corrected chi connectivity index (χ1v) is 6.09. The third kappa shape index (κ3) is 2.44. The fraction of sp³-hybridized carbons (Fsp3) is 0.462. The number of nitrogens with zero attached hydrogens (tertiary/aromatic N) is 1. The number of carbonyl (C=O) groups is 1. The van der Waals surface area contributed by atoms with Gasteiger partial charge < -0.3 is 25.2 Å². The van der Waals surface area contributed by atoms with Crippen LogP contribution in [0.5, 0.6) is 5.75 Å². The second-order valence-electron chi connectivity index (χ2n) is 4.44. The molecule has 3 N–H and O–H groups in total. The molecule has 6 nitrogen and oxygen atoms in total. The molecule has 0 atom stereocenters. The zero-order valence-electron chi connectivity index (χ0n) is 11.1. The van der Waals surface area contributed by atoms with Gasteiger partial charge in [-0.1, -0.05) is 0 Å². The SMILES string of the molecule is COC(=O)c1c(O)cc(C)c(N)c1N1CCOCC1. The summed E-state index contributed by atoms with van der Waals surface area (Å²) in [6.45, 7) is 4.16. The van der Waals surface area contributed by atoms with Crippen molar-refractivity contribution in [2.45, 2.75) is 6.92 Å². The second kappa shape index (κ2) is 5.36. The number of hydrogen-bond donors (Lipinski definition) is 2. The highest BCUT2D eigenvalue weighted by molar-refractivity contribution is 6.02. The number of morpholine rings is 1. The summed E-state index contributed by atoms with van der Waals surface area (Å²) in [5.41, 5.74) is 7.94. The Kier molecular flexibility index (Phi) is 3.80. The number of rotatable bonds is 2. The first-order chi connectivity index (χ1) is 9.06. The Labute approximate surface area is 111 Å². The van der Waals surface area contributed by atoms with Crippen LogP contribution in [0.2, 0.25) is 0 Å². The fourth-order valence-electron chi connectivity index (χ4n) is 2.22. The Bertz CT molecular complexity index is 496. The minimum Gasteiger partial charge on any atom is -0.507 e. The summed E-state index contributed by atoms with van der Waals surface area (Å²) in [5, 5.41) is 10.0. The van der Waals surface area contributed by atoms with E-state index in [9.17, 15) is 9.90 Å². The maximum Gasteiger partial charge on any atom is 0.343 e. The summed E-state index contributed by atoms with van der Waals surface area (Å²) in [5.74, 6) is -0.703. The maximum absolute atomic E-state index is 11.9. The standard InChI is InChI=1S/C13H18N2O4/c1-8-7-9(16)10(13(17)18-2)12(11(8)14)15-3-5-19-6-4-15/h7,16H,3-6,14H2,1-2H3. The van der Waals surface area contributed by atoms with Crippen LogP contribution in [0.3, 0.4) is 0 Å². The third-order valence-corrected chi connectivity index (χ3v) is 3.24. The van der Waals surface area contributed by atoms with Crippen molar-refractivity contribution in [3.05, 3.63) is 17.2 Å². The number of nitrogen functional groups attached to an aromatic ring is 1. The minimum atomic E-state index is -0.592. The van der Waals surface area contributed by atoms with Crippen LogP contribution in [-0.4, -0.2) is 44.5 Å². The maximum atomic E-state index is 11.9. The predicted octanol–water partition coefficient (Wildman–Crippen LogP) is 0.906. The summed E-state index contributed by atoms with van der Waals surface area (Å²) >= 11 is 0. The van der Waals surface area contributed by atoms with Crippen molar-refractivity contribution >= 4 is 17.3 Å². The zero-order chi connectivity index (χ0) is 14.0. The number of aryl methyl sites for hydroxylation is 1. The Morgan fingerprint density at radius 3 is 2.68 bits per heavy atom. The highest BCUT2D eigenvalue weighted by Gasteiger charge is 2.26. The van der Waals surface area contributed by atoms with Gasteiger partial charge in [0, 0.05) is 13.1 Å².